The van der Waals surface area contributed by atoms with Crippen LogP contribution in [0.25, 0.3) is 0 Å². The number of hydrogen-bond acceptors (Lipinski definition) is 4. The molecule has 0 saturated carbocycles. The van der Waals surface area contributed by atoms with Gasteiger partial charge in [-0.1, -0.05) is 6.92 Å². The van der Waals surface area contributed by atoms with E-state index in [9.17, 15) is 8.42 Å². The molecule has 86 valence electrons. The Kier molecular flexibility index (Phi) is 4.62. The van der Waals surface area contributed by atoms with E-state index in [-0.39, 0.29) is 5.03 Å². The van der Waals surface area contributed by atoms with Crippen LogP contribution in [0.5, 0.6) is 0 Å². The molecule has 1 aromatic heterocycles. The second-order valence-corrected chi connectivity index (χ2v) is 5.97. The zero-order valence-corrected chi connectivity index (χ0v) is 10.4. The van der Waals surface area contributed by atoms with Gasteiger partial charge in [-0.2, -0.15) is 11.8 Å². The summed E-state index contributed by atoms with van der Waals surface area (Å²) in [7, 11) is -3.41. The van der Waals surface area contributed by atoms with Crippen molar-refractivity contribution in [2.24, 2.45) is 5.92 Å². The Labute approximate surface area is 94.1 Å². The standard InChI is InChI=1S/C8H15N3O2S2/c1-7(5-14-2)3-11-15(12,13)8-4-9-6-10-8/h4,6-7,11H,3,5H2,1-2H3,(H,9,10). The molecule has 1 aromatic rings. The van der Waals surface area contributed by atoms with Crippen LogP contribution in [0.4, 0.5) is 0 Å². The highest BCUT2D eigenvalue weighted by Gasteiger charge is 2.15. The second kappa shape index (κ2) is 5.53. The van der Waals surface area contributed by atoms with Crippen molar-refractivity contribution in [1.82, 2.24) is 14.7 Å². The fourth-order valence-corrected chi connectivity index (χ4v) is 2.82. The molecule has 0 aromatic carbocycles. The molecule has 0 fully saturated rings. The minimum Gasteiger partial charge on any atom is -0.335 e. The van der Waals surface area contributed by atoms with Crippen LogP contribution in [0, 0.1) is 5.92 Å². The highest BCUT2D eigenvalue weighted by Crippen LogP contribution is 2.06. The Balaban J connectivity index is 2.52. The normalized spacial score (nSPS) is 14.0. The minimum absolute atomic E-state index is 0.110. The molecule has 0 bridgehead atoms. The highest BCUT2D eigenvalue weighted by atomic mass is 32.2. The lowest BCUT2D eigenvalue weighted by Crippen LogP contribution is -2.29. The van der Waals surface area contributed by atoms with Gasteiger partial charge in [0.1, 0.15) is 0 Å². The lowest BCUT2D eigenvalue weighted by molar-refractivity contribution is 0.560. The topological polar surface area (TPSA) is 74.8 Å². The van der Waals surface area contributed by atoms with Crippen molar-refractivity contribution in [2.45, 2.75) is 11.9 Å². The quantitative estimate of drug-likeness (QED) is 0.777. The van der Waals surface area contributed by atoms with Gasteiger partial charge in [-0.05, 0) is 17.9 Å². The number of hydrogen-bond donors (Lipinski definition) is 2. The molecule has 0 amide bonds. The van der Waals surface area contributed by atoms with Crippen LogP contribution in [-0.4, -0.2) is 36.9 Å². The molecule has 2 N–H and O–H groups in total. The van der Waals surface area contributed by atoms with Crippen LogP contribution in [0.15, 0.2) is 17.6 Å². The maximum absolute atomic E-state index is 11.6. The number of nitrogens with one attached hydrogen (secondary N) is 2. The minimum atomic E-state index is -3.41. The third-order valence-electron chi connectivity index (χ3n) is 1.84. The fourth-order valence-electron chi connectivity index (χ4n) is 1.06. The summed E-state index contributed by atoms with van der Waals surface area (Å²) >= 11 is 1.70. The molecule has 0 aliphatic rings. The van der Waals surface area contributed by atoms with Gasteiger partial charge in [0.05, 0.1) is 12.5 Å². The average Bonchev–Trinajstić information content (AvgIpc) is 2.69. The van der Waals surface area contributed by atoms with Gasteiger partial charge in [-0.15, -0.1) is 0 Å². The maximum atomic E-state index is 11.6. The summed E-state index contributed by atoms with van der Waals surface area (Å²) in [4.78, 5) is 6.24. The summed E-state index contributed by atoms with van der Waals surface area (Å²) in [5, 5.41) is 0.110. The van der Waals surface area contributed by atoms with Crippen LogP contribution in [0.3, 0.4) is 0 Å². The number of aromatic amines is 1. The van der Waals surface area contributed by atoms with E-state index in [2.05, 4.69) is 14.7 Å². The fraction of sp³-hybridized carbons (Fsp3) is 0.625. The Morgan fingerprint density at radius 1 is 1.67 bits per heavy atom. The van der Waals surface area contributed by atoms with E-state index in [0.717, 1.165) is 5.75 Å². The first-order chi connectivity index (χ1) is 7.06. The number of nitrogens with zero attached hydrogens (tertiary/aromatic N) is 1. The van der Waals surface area contributed by atoms with E-state index in [1.165, 1.54) is 12.5 Å². The molecular formula is C8H15N3O2S2. The van der Waals surface area contributed by atoms with Crippen LogP contribution in [0.1, 0.15) is 6.92 Å². The van der Waals surface area contributed by atoms with E-state index < -0.39 is 10.0 Å². The molecule has 0 radical (unpaired) electrons. The number of thioether (sulfide) groups is 1. The zero-order valence-electron chi connectivity index (χ0n) is 8.73. The van der Waals surface area contributed by atoms with Crippen molar-refractivity contribution >= 4 is 21.8 Å². The molecule has 7 heteroatoms. The van der Waals surface area contributed by atoms with Crippen LogP contribution < -0.4 is 4.72 Å². The van der Waals surface area contributed by atoms with Crippen molar-refractivity contribution in [3.63, 3.8) is 0 Å². The molecule has 0 spiro atoms. The maximum Gasteiger partial charge on any atom is 0.257 e. The van der Waals surface area contributed by atoms with Gasteiger partial charge in [0.25, 0.3) is 10.0 Å². The van der Waals surface area contributed by atoms with Gasteiger partial charge in [0.15, 0.2) is 5.03 Å². The number of rotatable bonds is 6. The van der Waals surface area contributed by atoms with E-state index in [0.29, 0.717) is 12.5 Å². The molecule has 5 nitrogen and oxygen atoms in total. The first-order valence-corrected chi connectivity index (χ1v) is 7.41. The van der Waals surface area contributed by atoms with Crippen molar-refractivity contribution in [2.75, 3.05) is 18.6 Å². The van der Waals surface area contributed by atoms with Gasteiger partial charge in [-0.3, -0.25) is 0 Å². The van der Waals surface area contributed by atoms with Gasteiger partial charge in [-0.25, -0.2) is 18.1 Å². The van der Waals surface area contributed by atoms with Crippen molar-refractivity contribution in [3.8, 4) is 0 Å². The number of imidazole rings is 1. The second-order valence-electron chi connectivity index (χ2n) is 3.33. The van der Waals surface area contributed by atoms with Crippen molar-refractivity contribution < 1.29 is 8.42 Å². The van der Waals surface area contributed by atoms with Crippen LogP contribution in [-0.2, 0) is 10.0 Å². The lowest BCUT2D eigenvalue weighted by Gasteiger charge is -2.10. The zero-order chi connectivity index (χ0) is 11.3. The van der Waals surface area contributed by atoms with Gasteiger partial charge >= 0.3 is 0 Å². The van der Waals surface area contributed by atoms with E-state index in [4.69, 9.17) is 0 Å². The SMILES string of the molecule is CSCC(C)CNS(=O)(=O)c1cnc[nH]1. The summed E-state index contributed by atoms with van der Waals surface area (Å²) in [6, 6.07) is 0. The predicted molar refractivity (Wildman–Crippen MR) is 61.3 cm³/mol. The molecule has 1 atom stereocenters. The monoisotopic (exact) mass is 249 g/mol. The molecule has 0 aliphatic carbocycles. The highest BCUT2D eigenvalue weighted by molar-refractivity contribution is 7.98. The smallest absolute Gasteiger partial charge is 0.257 e. The number of H-pyrrole nitrogens is 1. The van der Waals surface area contributed by atoms with E-state index in [1.807, 2.05) is 13.2 Å². The molecule has 0 aliphatic heterocycles. The van der Waals surface area contributed by atoms with E-state index >= 15 is 0 Å². The van der Waals surface area contributed by atoms with E-state index in [1.54, 1.807) is 11.8 Å². The predicted octanol–water partition coefficient (Wildman–Crippen LogP) is 0.687. The molecule has 1 heterocycles. The number of aromatic nitrogens is 2. The van der Waals surface area contributed by atoms with Gasteiger partial charge in [0.2, 0.25) is 0 Å². The summed E-state index contributed by atoms with van der Waals surface area (Å²) in [5.41, 5.74) is 0. The van der Waals surface area contributed by atoms with Crippen LogP contribution in [0.2, 0.25) is 0 Å². The third-order valence-corrected chi connectivity index (χ3v) is 4.09. The first-order valence-electron chi connectivity index (χ1n) is 4.53. The Hall–Kier alpha value is -0.530. The average molecular weight is 249 g/mol. The Bertz CT molecular complexity index is 375. The van der Waals surface area contributed by atoms with Crippen molar-refractivity contribution in [1.29, 1.82) is 0 Å². The third kappa shape index (κ3) is 3.84. The Morgan fingerprint density at radius 2 is 2.40 bits per heavy atom. The molecule has 1 unspecified atom stereocenters. The van der Waals surface area contributed by atoms with Crippen molar-refractivity contribution in [3.05, 3.63) is 12.5 Å². The molecule has 1 rings (SSSR count). The summed E-state index contributed by atoms with van der Waals surface area (Å²) < 4.78 is 25.8. The molecule has 0 saturated heterocycles. The van der Waals surface area contributed by atoms with Crippen LogP contribution >= 0.6 is 11.8 Å². The summed E-state index contributed by atoms with van der Waals surface area (Å²) in [6.45, 7) is 2.45. The van der Waals surface area contributed by atoms with Gasteiger partial charge < -0.3 is 4.98 Å². The summed E-state index contributed by atoms with van der Waals surface area (Å²) in [5.74, 6) is 1.25. The summed E-state index contributed by atoms with van der Waals surface area (Å²) in [6.07, 6.45) is 4.64. The Morgan fingerprint density at radius 3 is 2.93 bits per heavy atom. The largest absolute Gasteiger partial charge is 0.335 e. The lowest BCUT2D eigenvalue weighted by atomic mass is 10.2. The molecular weight excluding hydrogens is 234 g/mol. The number of sulfonamides is 1. The first kappa shape index (κ1) is 12.5. The molecule has 15 heavy (non-hydrogen) atoms. The van der Waals surface area contributed by atoms with Gasteiger partial charge in [0, 0.05) is 6.54 Å².